The van der Waals surface area contributed by atoms with Crippen molar-refractivity contribution in [3.63, 3.8) is 0 Å². The van der Waals surface area contributed by atoms with E-state index in [1.165, 1.54) is 0 Å². The monoisotopic (exact) mass is 379 g/mol. The summed E-state index contributed by atoms with van der Waals surface area (Å²) in [5.74, 6) is -0.0805. The smallest absolute Gasteiger partial charge is 0.258 e. The van der Waals surface area contributed by atoms with Crippen molar-refractivity contribution in [3.05, 3.63) is 69.2 Å². The molecule has 2 aromatic heterocycles. The molecule has 0 fully saturated rings. The van der Waals surface area contributed by atoms with Gasteiger partial charge in [0, 0.05) is 37.2 Å². The van der Waals surface area contributed by atoms with Crippen LogP contribution in [0.25, 0.3) is 0 Å². The number of ether oxygens (including phenoxy) is 1. The van der Waals surface area contributed by atoms with Gasteiger partial charge in [0.15, 0.2) is 0 Å². The van der Waals surface area contributed by atoms with Gasteiger partial charge in [-0.1, -0.05) is 13.3 Å². The van der Waals surface area contributed by atoms with E-state index in [4.69, 9.17) is 10.5 Å². The highest BCUT2D eigenvalue weighted by atomic mass is 16.5. The minimum absolute atomic E-state index is 0.0460. The van der Waals surface area contributed by atoms with Gasteiger partial charge in [-0.25, -0.2) is 0 Å². The van der Waals surface area contributed by atoms with Crippen LogP contribution in [0.3, 0.4) is 0 Å². The molecule has 7 heteroatoms. The molecule has 0 bridgehead atoms. The molecule has 1 unspecified atom stereocenters. The summed E-state index contributed by atoms with van der Waals surface area (Å²) in [5, 5.41) is 9.69. The summed E-state index contributed by atoms with van der Waals surface area (Å²) in [5.41, 5.74) is 8.32. The Morgan fingerprint density at radius 3 is 2.68 bits per heavy atom. The molecule has 0 spiro atoms. The standard InChI is InChI=1S/C21H25N5O2/c1-4-5-15-12-17-19(21(27)26(15)11-10-25(2)3)18(14-6-8-24-9-7-14)16(13-22)20(23)28-17/h6-9,12,18H,4-5,10-11,23H2,1-3H3. The number of aryl methyl sites for hydroxylation is 1. The van der Waals surface area contributed by atoms with Crippen LogP contribution in [0.15, 0.2) is 46.8 Å². The predicted octanol–water partition coefficient (Wildman–Crippen LogP) is 1.98. The van der Waals surface area contributed by atoms with E-state index >= 15 is 0 Å². The Hall–Kier alpha value is -3.11. The molecule has 2 aromatic rings. The molecule has 1 aliphatic rings. The first-order chi connectivity index (χ1) is 13.5. The first-order valence-corrected chi connectivity index (χ1v) is 9.36. The van der Waals surface area contributed by atoms with Gasteiger partial charge in [0.1, 0.15) is 17.4 Å². The quantitative estimate of drug-likeness (QED) is 0.824. The van der Waals surface area contributed by atoms with Gasteiger partial charge in [0.2, 0.25) is 5.88 Å². The van der Waals surface area contributed by atoms with Gasteiger partial charge in [-0.15, -0.1) is 0 Å². The van der Waals surface area contributed by atoms with Crippen LogP contribution in [0.4, 0.5) is 0 Å². The number of hydrogen-bond acceptors (Lipinski definition) is 6. The molecular weight excluding hydrogens is 354 g/mol. The highest BCUT2D eigenvalue weighted by molar-refractivity contribution is 5.55. The number of rotatable bonds is 6. The number of nitrogens with zero attached hydrogens (tertiary/aromatic N) is 4. The van der Waals surface area contributed by atoms with Crippen molar-refractivity contribution < 1.29 is 4.74 Å². The minimum atomic E-state index is -0.564. The molecule has 28 heavy (non-hydrogen) atoms. The number of nitriles is 1. The predicted molar refractivity (Wildman–Crippen MR) is 107 cm³/mol. The number of nitrogens with two attached hydrogens (primary N) is 1. The van der Waals surface area contributed by atoms with Gasteiger partial charge in [0.25, 0.3) is 5.56 Å². The summed E-state index contributed by atoms with van der Waals surface area (Å²) in [4.78, 5) is 19.6. The Morgan fingerprint density at radius 1 is 1.36 bits per heavy atom. The second kappa shape index (κ2) is 8.28. The summed E-state index contributed by atoms with van der Waals surface area (Å²) in [6, 6.07) is 7.63. The second-order valence-electron chi connectivity index (χ2n) is 7.13. The Bertz CT molecular complexity index is 986. The summed E-state index contributed by atoms with van der Waals surface area (Å²) >= 11 is 0. The third-order valence-corrected chi connectivity index (χ3v) is 4.88. The second-order valence-corrected chi connectivity index (χ2v) is 7.13. The lowest BCUT2D eigenvalue weighted by atomic mass is 9.84. The minimum Gasteiger partial charge on any atom is -0.440 e. The molecule has 0 amide bonds. The van der Waals surface area contributed by atoms with Gasteiger partial charge in [-0.3, -0.25) is 9.78 Å². The van der Waals surface area contributed by atoms with Crippen molar-refractivity contribution in [1.29, 1.82) is 5.26 Å². The van der Waals surface area contributed by atoms with Gasteiger partial charge in [-0.2, -0.15) is 5.26 Å². The van der Waals surface area contributed by atoms with E-state index in [1.807, 2.05) is 25.1 Å². The zero-order chi connectivity index (χ0) is 20.3. The molecule has 0 saturated carbocycles. The maximum Gasteiger partial charge on any atom is 0.258 e. The van der Waals surface area contributed by atoms with E-state index in [-0.39, 0.29) is 17.0 Å². The molecule has 3 rings (SSSR count). The molecule has 1 aliphatic heterocycles. The lowest BCUT2D eigenvalue weighted by Crippen LogP contribution is -2.35. The average Bonchev–Trinajstić information content (AvgIpc) is 2.67. The van der Waals surface area contributed by atoms with Crippen molar-refractivity contribution in [2.24, 2.45) is 5.73 Å². The highest BCUT2D eigenvalue weighted by Gasteiger charge is 2.34. The Morgan fingerprint density at radius 2 is 2.07 bits per heavy atom. The molecular formula is C21H25N5O2. The van der Waals surface area contributed by atoms with Gasteiger partial charge in [-0.05, 0) is 38.2 Å². The molecule has 7 nitrogen and oxygen atoms in total. The van der Waals surface area contributed by atoms with Crippen LogP contribution in [0.1, 0.15) is 36.1 Å². The van der Waals surface area contributed by atoms with E-state index in [1.54, 1.807) is 29.1 Å². The number of pyridine rings is 2. The number of likely N-dealkylation sites (N-methyl/N-ethyl adjacent to an activating group) is 1. The number of allylic oxidation sites excluding steroid dienone is 1. The van der Waals surface area contributed by atoms with Crippen molar-refractivity contribution in [3.8, 4) is 11.8 Å². The maximum atomic E-state index is 13.5. The lowest BCUT2D eigenvalue weighted by Gasteiger charge is -2.28. The molecule has 0 aromatic carbocycles. The van der Waals surface area contributed by atoms with Gasteiger partial charge < -0.3 is 19.9 Å². The van der Waals surface area contributed by atoms with Crippen molar-refractivity contribution in [2.75, 3.05) is 20.6 Å². The number of aromatic nitrogens is 2. The topological polar surface area (TPSA) is 97.2 Å². The van der Waals surface area contributed by atoms with Gasteiger partial charge in [0.05, 0.1) is 11.5 Å². The maximum absolute atomic E-state index is 13.5. The van der Waals surface area contributed by atoms with E-state index < -0.39 is 5.92 Å². The molecule has 1 atom stereocenters. The third kappa shape index (κ3) is 3.64. The van der Waals surface area contributed by atoms with Crippen LogP contribution in [0.2, 0.25) is 0 Å². The van der Waals surface area contributed by atoms with E-state index in [0.717, 1.165) is 30.6 Å². The van der Waals surface area contributed by atoms with Crippen molar-refractivity contribution >= 4 is 0 Å². The number of hydrogen-bond donors (Lipinski definition) is 1. The fraction of sp³-hybridized carbons (Fsp3) is 0.381. The summed E-state index contributed by atoms with van der Waals surface area (Å²) in [6.45, 7) is 3.38. The number of fused-ring (bicyclic) bond motifs is 1. The first kappa shape index (κ1) is 19.6. The van der Waals surface area contributed by atoms with Crippen LogP contribution in [0, 0.1) is 11.3 Å². The fourth-order valence-corrected chi connectivity index (χ4v) is 3.52. The van der Waals surface area contributed by atoms with Crippen LogP contribution in [-0.4, -0.2) is 35.1 Å². The lowest BCUT2D eigenvalue weighted by molar-refractivity contribution is 0.367. The SMILES string of the molecule is CCCc1cc2c(c(=O)n1CCN(C)C)C(c1ccncc1)C(C#N)=C(N)O2. The van der Waals surface area contributed by atoms with Crippen molar-refractivity contribution in [1.82, 2.24) is 14.5 Å². The van der Waals surface area contributed by atoms with E-state index in [9.17, 15) is 10.1 Å². The summed E-state index contributed by atoms with van der Waals surface area (Å²) in [6.07, 6.45) is 4.95. The van der Waals surface area contributed by atoms with Crippen molar-refractivity contribution in [2.45, 2.75) is 32.2 Å². The van der Waals surface area contributed by atoms with Crippen LogP contribution in [-0.2, 0) is 13.0 Å². The molecule has 0 radical (unpaired) electrons. The molecule has 146 valence electrons. The zero-order valence-electron chi connectivity index (χ0n) is 16.5. The first-order valence-electron chi connectivity index (χ1n) is 9.36. The largest absolute Gasteiger partial charge is 0.440 e. The molecule has 3 heterocycles. The summed E-state index contributed by atoms with van der Waals surface area (Å²) < 4.78 is 7.53. The van der Waals surface area contributed by atoms with E-state index in [0.29, 0.717) is 17.9 Å². The van der Waals surface area contributed by atoms with Crippen LogP contribution in [0.5, 0.6) is 5.75 Å². The zero-order valence-corrected chi connectivity index (χ0v) is 16.5. The van der Waals surface area contributed by atoms with Crippen LogP contribution < -0.4 is 16.0 Å². The third-order valence-electron chi connectivity index (χ3n) is 4.88. The molecule has 2 N–H and O–H groups in total. The van der Waals surface area contributed by atoms with E-state index in [2.05, 4.69) is 18.0 Å². The average molecular weight is 379 g/mol. The summed E-state index contributed by atoms with van der Waals surface area (Å²) in [7, 11) is 3.95. The molecule has 0 saturated heterocycles. The Balaban J connectivity index is 2.24. The normalized spacial score (nSPS) is 15.9. The van der Waals surface area contributed by atoms with Gasteiger partial charge >= 0.3 is 0 Å². The Kier molecular flexibility index (Phi) is 5.81. The highest BCUT2D eigenvalue weighted by Crippen LogP contribution is 2.40. The fourth-order valence-electron chi connectivity index (χ4n) is 3.52. The molecule has 0 aliphatic carbocycles. The van der Waals surface area contributed by atoms with Crippen LogP contribution >= 0.6 is 0 Å². The Labute approximate surface area is 164 Å².